The number of methoxy groups -OCH3 is 1. The van der Waals surface area contributed by atoms with Gasteiger partial charge in [0.2, 0.25) is 5.88 Å². The van der Waals surface area contributed by atoms with Crippen molar-refractivity contribution in [3.63, 3.8) is 0 Å². The maximum atomic E-state index is 12.4. The molecule has 0 radical (unpaired) electrons. The molecule has 26 heavy (non-hydrogen) atoms. The van der Waals surface area contributed by atoms with Crippen molar-refractivity contribution in [1.29, 1.82) is 0 Å². The number of pyridine rings is 1. The van der Waals surface area contributed by atoms with E-state index in [0.29, 0.717) is 11.4 Å². The molecule has 1 aliphatic rings. The van der Waals surface area contributed by atoms with Crippen molar-refractivity contribution in [1.82, 2.24) is 20.5 Å². The van der Waals surface area contributed by atoms with Gasteiger partial charge in [0.15, 0.2) is 5.82 Å². The monoisotopic (exact) mass is 369 g/mol. The molecule has 0 aromatic carbocycles. The second kappa shape index (κ2) is 7.17. The summed E-state index contributed by atoms with van der Waals surface area (Å²) in [5.41, 5.74) is 1.55. The molecule has 7 nitrogen and oxygen atoms in total. The molecular weight excluding hydrogens is 350 g/mol. The number of rotatable bonds is 5. The lowest BCUT2D eigenvalue weighted by molar-refractivity contribution is 0.0940. The Morgan fingerprint density at radius 1 is 1.42 bits per heavy atom. The predicted octanol–water partition coefficient (Wildman–Crippen LogP) is 2.55. The van der Waals surface area contributed by atoms with E-state index in [-0.39, 0.29) is 11.9 Å². The third-order valence-electron chi connectivity index (χ3n) is 4.41. The number of amides is 1. The zero-order valence-electron chi connectivity index (χ0n) is 14.3. The SMILES string of the molecule is COc1ccc(C(=O)N[C@H]2CCN(c3cc(-c4cccs4)[nH]n3)C2)cn1. The van der Waals surface area contributed by atoms with E-state index in [9.17, 15) is 4.79 Å². The van der Waals surface area contributed by atoms with E-state index in [0.717, 1.165) is 31.0 Å². The number of carbonyl (C=O) groups is 1. The standard InChI is InChI=1S/C18H19N5O2S/c1-25-17-5-4-12(10-19-17)18(24)20-13-6-7-23(11-13)16-9-14(21-22-16)15-3-2-8-26-15/h2-5,8-10,13H,6-7,11H2,1H3,(H,20,24)(H,21,22)/t13-/m0/s1. The first-order valence-electron chi connectivity index (χ1n) is 8.38. The van der Waals surface area contributed by atoms with Crippen LogP contribution in [0.3, 0.4) is 0 Å². The van der Waals surface area contributed by atoms with Gasteiger partial charge in [-0.25, -0.2) is 4.98 Å². The van der Waals surface area contributed by atoms with Crippen LogP contribution in [0.2, 0.25) is 0 Å². The van der Waals surface area contributed by atoms with E-state index >= 15 is 0 Å². The van der Waals surface area contributed by atoms with Crippen molar-refractivity contribution in [2.45, 2.75) is 12.5 Å². The minimum absolute atomic E-state index is 0.0893. The summed E-state index contributed by atoms with van der Waals surface area (Å²) in [6.07, 6.45) is 2.42. The number of carbonyl (C=O) groups excluding carboxylic acids is 1. The van der Waals surface area contributed by atoms with Crippen molar-refractivity contribution < 1.29 is 9.53 Å². The Labute approximate surface area is 155 Å². The van der Waals surface area contributed by atoms with Gasteiger partial charge in [0.05, 0.1) is 23.2 Å². The molecule has 2 N–H and O–H groups in total. The van der Waals surface area contributed by atoms with Gasteiger partial charge in [-0.05, 0) is 23.9 Å². The zero-order valence-corrected chi connectivity index (χ0v) is 15.1. The highest BCUT2D eigenvalue weighted by Gasteiger charge is 2.26. The first-order chi connectivity index (χ1) is 12.7. The molecule has 1 saturated heterocycles. The van der Waals surface area contributed by atoms with Crippen molar-refractivity contribution >= 4 is 23.1 Å². The summed E-state index contributed by atoms with van der Waals surface area (Å²) in [5, 5.41) is 12.6. The van der Waals surface area contributed by atoms with Gasteiger partial charge in [-0.3, -0.25) is 9.89 Å². The smallest absolute Gasteiger partial charge is 0.253 e. The van der Waals surface area contributed by atoms with Crippen LogP contribution in [-0.4, -0.2) is 47.3 Å². The minimum atomic E-state index is -0.117. The molecule has 8 heteroatoms. The molecule has 1 atom stereocenters. The van der Waals surface area contributed by atoms with Gasteiger partial charge in [0.25, 0.3) is 5.91 Å². The molecule has 3 aromatic rings. The molecule has 4 rings (SSSR count). The highest BCUT2D eigenvalue weighted by atomic mass is 32.1. The van der Waals surface area contributed by atoms with E-state index in [1.807, 2.05) is 11.4 Å². The number of nitrogens with zero attached hydrogens (tertiary/aromatic N) is 3. The molecule has 3 aromatic heterocycles. The molecule has 4 heterocycles. The van der Waals surface area contributed by atoms with Gasteiger partial charge in [0, 0.05) is 37.5 Å². The lowest BCUT2D eigenvalue weighted by atomic mass is 10.2. The Morgan fingerprint density at radius 2 is 2.35 bits per heavy atom. The van der Waals surface area contributed by atoms with Gasteiger partial charge in [-0.15, -0.1) is 11.3 Å². The molecule has 0 unspecified atom stereocenters. The maximum Gasteiger partial charge on any atom is 0.253 e. The number of nitrogens with one attached hydrogen (secondary N) is 2. The summed E-state index contributed by atoms with van der Waals surface area (Å²) in [6, 6.07) is 9.64. The highest BCUT2D eigenvalue weighted by Crippen LogP contribution is 2.27. The van der Waals surface area contributed by atoms with E-state index in [4.69, 9.17) is 4.74 Å². The second-order valence-electron chi connectivity index (χ2n) is 6.11. The topological polar surface area (TPSA) is 83.1 Å². The number of anilines is 1. The van der Waals surface area contributed by atoms with Crippen LogP contribution in [0.1, 0.15) is 16.8 Å². The zero-order chi connectivity index (χ0) is 17.9. The Balaban J connectivity index is 1.37. The number of hydrogen-bond acceptors (Lipinski definition) is 6. The predicted molar refractivity (Wildman–Crippen MR) is 101 cm³/mol. The van der Waals surface area contributed by atoms with Gasteiger partial charge >= 0.3 is 0 Å². The Kier molecular flexibility index (Phi) is 4.57. The molecule has 1 fully saturated rings. The van der Waals surface area contributed by atoms with Crippen LogP contribution in [0, 0.1) is 0 Å². The summed E-state index contributed by atoms with van der Waals surface area (Å²) in [7, 11) is 1.55. The molecule has 134 valence electrons. The molecule has 0 spiro atoms. The Bertz CT molecular complexity index is 875. The van der Waals surface area contributed by atoms with Crippen LogP contribution in [0.15, 0.2) is 41.9 Å². The van der Waals surface area contributed by atoms with Crippen LogP contribution in [0.4, 0.5) is 5.82 Å². The van der Waals surface area contributed by atoms with E-state index in [2.05, 4.69) is 37.5 Å². The van der Waals surface area contributed by atoms with Crippen molar-refractivity contribution in [3.8, 4) is 16.5 Å². The average molecular weight is 369 g/mol. The first-order valence-corrected chi connectivity index (χ1v) is 9.26. The van der Waals surface area contributed by atoms with Gasteiger partial charge in [0.1, 0.15) is 0 Å². The summed E-state index contributed by atoms with van der Waals surface area (Å²) in [4.78, 5) is 19.8. The molecule has 0 bridgehead atoms. The summed E-state index contributed by atoms with van der Waals surface area (Å²) in [5.74, 6) is 1.29. The number of H-pyrrole nitrogens is 1. The van der Waals surface area contributed by atoms with Crippen LogP contribution < -0.4 is 15.0 Å². The van der Waals surface area contributed by atoms with Crippen molar-refractivity contribution in [2.75, 3.05) is 25.1 Å². The van der Waals surface area contributed by atoms with E-state index in [1.54, 1.807) is 30.6 Å². The summed E-state index contributed by atoms with van der Waals surface area (Å²) in [6.45, 7) is 1.60. The average Bonchev–Trinajstić information content (AvgIpc) is 3.41. The van der Waals surface area contributed by atoms with Crippen molar-refractivity contribution in [2.24, 2.45) is 0 Å². The van der Waals surface area contributed by atoms with Crippen LogP contribution in [0.25, 0.3) is 10.6 Å². The fraction of sp³-hybridized carbons (Fsp3) is 0.278. The molecule has 0 aliphatic carbocycles. The molecule has 0 saturated carbocycles. The first kappa shape index (κ1) is 16.6. The number of hydrogen-bond donors (Lipinski definition) is 2. The normalized spacial score (nSPS) is 16.7. The van der Waals surface area contributed by atoms with Gasteiger partial charge < -0.3 is 15.0 Å². The lowest BCUT2D eigenvalue weighted by Gasteiger charge is -2.16. The van der Waals surface area contributed by atoms with Crippen LogP contribution in [-0.2, 0) is 0 Å². The highest BCUT2D eigenvalue weighted by molar-refractivity contribution is 7.13. The largest absolute Gasteiger partial charge is 0.481 e. The number of aromatic nitrogens is 3. The number of aromatic amines is 1. The second-order valence-corrected chi connectivity index (χ2v) is 7.06. The van der Waals surface area contributed by atoms with E-state index < -0.39 is 0 Å². The fourth-order valence-corrected chi connectivity index (χ4v) is 3.71. The molecule has 1 aliphatic heterocycles. The third-order valence-corrected chi connectivity index (χ3v) is 5.31. The fourth-order valence-electron chi connectivity index (χ4n) is 3.02. The van der Waals surface area contributed by atoms with Gasteiger partial charge in [-0.2, -0.15) is 5.10 Å². The lowest BCUT2D eigenvalue weighted by Crippen LogP contribution is -2.37. The Morgan fingerprint density at radius 3 is 3.08 bits per heavy atom. The molecular formula is C18H19N5O2S. The molecule has 1 amide bonds. The van der Waals surface area contributed by atoms with Crippen LogP contribution in [0.5, 0.6) is 5.88 Å². The van der Waals surface area contributed by atoms with Gasteiger partial charge in [-0.1, -0.05) is 6.07 Å². The third kappa shape index (κ3) is 3.41. The van der Waals surface area contributed by atoms with E-state index in [1.165, 1.54) is 11.1 Å². The number of thiophene rings is 1. The van der Waals surface area contributed by atoms with Crippen LogP contribution >= 0.6 is 11.3 Å². The Hall–Kier alpha value is -2.87. The minimum Gasteiger partial charge on any atom is -0.481 e. The van der Waals surface area contributed by atoms with Crippen molar-refractivity contribution in [3.05, 3.63) is 47.5 Å². The quantitative estimate of drug-likeness (QED) is 0.722. The summed E-state index contributed by atoms with van der Waals surface area (Å²) < 4.78 is 5.02. The summed E-state index contributed by atoms with van der Waals surface area (Å²) >= 11 is 1.68. The number of ether oxygens (including phenoxy) is 1. The maximum absolute atomic E-state index is 12.4.